The zero-order chi connectivity index (χ0) is 17.9. The number of nitrogens with one attached hydrogen (secondary N) is 1. The van der Waals surface area contributed by atoms with E-state index in [2.05, 4.69) is 5.32 Å². The quantitative estimate of drug-likeness (QED) is 0.567. The predicted octanol–water partition coefficient (Wildman–Crippen LogP) is 5.10. The Morgan fingerprint density at radius 1 is 1.00 bits per heavy atom. The van der Waals surface area contributed by atoms with Gasteiger partial charge in [0.2, 0.25) is 5.91 Å². The molecule has 0 aromatic heterocycles. The third kappa shape index (κ3) is 7.46. The summed E-state index contributed by atoms with van der Waals surface area (Å²) < 4.78 is 6.06. The largest absolute Gasteiger partial charge is 0.484 e. The highest BCUT2D eigenvalue weighted by Gasteiger charge is 2.11. The standard InChI is InChI=1S/C21H28N2O2.ClH/c1-17(18-11-5-4-6-12-18)25-20-14-9-8-13-19(20)23-21(24)15-7-2-3-10-16-22;/h4-6,8-9,11-14,17H,2-3,7,10,15-16,22H2,1H3,(H,23,24);1H. The van der Waals surface area contributed by atoms with E-state index >= 15 is 0 Å². The van der Waals surface area contributed by atoms with Gasteiger partial charge < -0.3 is 15.8 Å². The number of hydrogen-bond acceptors (Lipinski definition) is 3. The summed E-state index contributed by atoms with van der Waals surface area (Å²) >= 11 is 0. The summed E-state index contributed by atoms with van der Waals surface area (Å²) in [5.74, 6) is 0.714. The Morgan fingerprint density at radius 2 is 1.65 bits per heavy atom. The smallest absolute Gasteiger partial charge is 0.224 e. The first kappa shape index (κ1) is 22.0. The molecule has 2 rings (SSSR count). The van der Waals surface area contributed by atoms with E-state index in [1.807, 2.05) is 61.5 Å². The molecular weight excluding hydrogens is 348 g/mol. The van der Waals surface area contributed by atoms with Gasteiger partial charge in [0.15, 0.2) is 0 Å². The fraction of sp³-hybridized carbons (Fsp3) is 0.381. The number of halogens is 1. The maximum Gasteiger partial charge on any atom is 0.224 e. The average molecular weight is 377 g/mol. The Balaban J connectivity index is 0.00000338. The van der Waals surface area contributed by atoms with Gasteiger partial charge in [-0.15, -0.1) is 12.4 Å². The van der Waals surface area contributed by atoms with Crippen molar-refractivity contribution in [2.75, 3.05) is 11.9 Å². The first-order valence-electron chi connectivity index (χ1n) is 9.01. The Kier molecular flexibility index (Phi) is 10.4. The minimum atomic E-state index is -0.0875. The van der Waals surface area contributed by atoms with Gasteiger partial charge in [0.25, 0.3) is 0 Å². The molecule has 1 unspecified atom stereocenters. The zero-order valence-corrected chi connectivity index (χ0v) is 16.1. The Morgan fingerprint density at radius 3 is 2.38 bits per heavy atom. The van der Waals surface area contributed by atoms with Crippen molar-refractivity contribution < 1.29 is 9.53 Å². The highest BCUT2D eigenvalue weighted by molar-refractivity contribution is 5.92. The van der Waals surface area contributed by atoms with Crippen LogP contribution in [0.15, 0.2) is 54.6 Å². The first-order valence-corrected chi connectivity index (χ1v) is 9.01. The van der Waals surface area contributed by atoms with Crippen LogP contribution in [0, 0.1) is 0 Å². The van der Waals surface area contributed by atoms with Crippen molar-refractivity contribution >= 4 is 24.0 Å². The van der Waals surface area contributed by atoms with E-state index in [-0.39, 0.29) is 24.4 Å². The van der Waals surface area contributed by atoms with E-state index in [1.54, 1.807) is 0 Å². The van der Waals surface area contributed by atoms with Crippen LogP contribution in [0.2, 0.25) is 0 Å². The molecule has 2 aromatic carbocycles. The fourth-order valence-electron chi connectivity index (χ4n) is 2.65. The molecule has 0 saturated carbocycles. The average Bonchev–Trinajstić information content (AvgIpc) is 2.64. The van der Waals surface area contributed by atoms with Crippen LogP contribution in [0.5, 0.6) is 5.75 Å². The molecule has 0 saturated heterocycles. The number of amides is 1. The van der Waals surface area contributed by atoms with Gasteiger partial charge in [0, 0.05) is 6.42 Å². The number of para-hydroxylation sites is 2. The van der Waals surface area contributed by atoms with Gasteiger partial charge in [-0.1, -0.05) is 55.3 Å². The van der Waals surface area contributed by atoms with Crippen LogP contribution in [0.25, 0.3) is 0 Å². The van der Waals surface area contributed by atoms with Gasteiger partial charge in [-0.05, 0) is 44.0 Å². The minimum absolute atomic E-state index is 0. The van der Waals surface area contributed by atoms with E-state index in [0.717, 1.165) is 43.5 Å². The molecule has 0 aliphatic heterocycles. The summed E-state index contributed by atoms with van der Waals surface area (Å²) in [5.41, 5.74) is 7.30. The predicted molar refractivity (Wildman–Crippen MR) is 110 cm³/mol. The van der Waals surface area contributed by atoms with Crippen molar-refractivity contribution in [3.05, 3.63) is 60.2 Å². The van der Waals surface area contributed by atoms with Gasteiger partial charge in [0.1, 0.15) is 11.9 Å². The van der Waals surface area contributed by atoms with Crippen molar-refractivity contribution in [1.82, 2.24) is 0 Å². The van der Waals surface area contributed by atoms with Crippen LogP contribution in [0.3, 0.4) is 0 Å². The Bertz CT molecular complexity index is 649. The van der Waals surface area contributed by atoms with Gasteiger partial charge in [-0.25, -0.2) is 0 Å². The number of benzene rings is 2. The van der Waals surface area contributed by atoms with E-state index in [1.165, 1.54) is 0 Å². The SMILES string of the molecule is CC(Oc1ccccc1NC(=O)CCCCCCN)c1ccccc1.Cl. The first-order chi connectivity index (χ1) is 12.2. The minimum Gasteiger partial charge on any atom is -0.484 e. The second kappa shape index (κ2) is 12.3. The third-order valence-corrected chi connectivity index (χ3v) is 4.09. The molecule has 3 N–H and O–H groups in total. The van der Waals surface area contributed by atoms with E-state index in [9.17, 15) is 4.79 Å². The summed E-state index contributed by atoms with van der Waals surface area (Å²) in [6.07, 6.45) is 4.46. The third-order valence-electron chi connectivity index (χ3n) is 4.09. The molecule has 5 heteroatoms. The number of unbranched alkanes of at least 4 members (excludes halogenated alkanes) is 3. The van der Waals surface area contributed by atoms with Crippen LogP contribution < -0.4 is 15.8 Å². The highest BCUT2D eigenvalue weighted by Crippen LogP contribution is 2.29. The van der Waals surface area contributed by atoms with Crippen LogP contribution >= 0.6 is 12.4 Å². The van der Waals surface area contributed by atoms with Gasteiger partial charge >= 0.3 is 0 Å². The summed E-state index contributed by atoms with van der Waals surface area (Å²) in [5, 5.41) is 2.97. The number of hydrogen-bond donors (Lipinski definition) is 2. The molecule has 142 valence electrons. The molecule has 0 aliphatic carbocycles. The topological polar surface area (TPSA) is 64.3 Å². The molecule has 0 heterocycles. The lowest BCUT2D eigenvalue weighted by Crippen LogP contribution is -2.13. The normalized spacial score (nSPS) is 11.3. The van der Waals surface area contributed by atoms with Crippen molar-refractivity contribution in [1.29, 1.82) is 0 Å². The van der Waals surface area contributed by atoms with Gasteiger partial charge in [0.05, 0.1) is 5.69 Å². The van der Waals surface area contributed by atoms with Gasteiger partial charge in [-0.2, -0.15) is 0 Å². The molecule has 4 nitrogen and oxygen atoms in total. The molecule has 0 fully saturated rings. The lowest BCUT2D eigenvalue weighted by Gasteiger charge is -2.18. The molecule has 0 bridgehead atoms. The second-order valence-corrected chi connectivity index (χ2v) is 6.17. The number of carbonyl (C=O) groups excluding carboxylic acids is 1. The maximum atomic E-state index is 12.2. The fourth-order valence-corrected chi connectivity index (χ4v) is 2.65. The molecule has 1 atom stereocenters. The summed E-state index contributed by atoms with van der Waals surface area (Å²) in [4.78, 5) is 12.2. The second-order valence-electron chi connectivity index (χ2n) is 6.17. The summed E-state index contributed by atoms with van der Waals surface area (Å²) in [6.45, 7) is 2.72. The molecule has 1 amide bonds. The molecule has 2 aromatic rings. The van der Waals surface area contributed by atoms with Gasteiger partial charge in [-0.3, -0.25) is 4.79 Å². The van der Waals surface area contributed by atoms with Crippen molar-refractivity contribution in [3.63, 3.8) is 0 Å². The van der Waals surface area contributed by atoms with Crippen molar-refractivity contribution in [2.45, 2.75) is 45.1 Å². The monoisotopic (exact) mass is 376 g/mol. The van der Waals surface area contributed by atoms with Crippen LogP contribution in [0.1, 0.15) is 50.7 Å². The zero-order valence-electron chi connectivity index (χ0n) is 15.3. The molecule has 26 heavy (non-hydrogen) atoms. The highest BCUT2D eigenvalue weighted by atomic mass is 35.5. The number of anilines is 1. The number of ether oxygens (including phenoxy) is 1. The van der Waals surface area contributed by atoms with Crippen molar-refractivity contribution in [3.8, 4) is 5.75 Å². The molecular formula is C21H29ClN2O2. The van der Waals surface area contributed by atoms with Crippen LogP contribution in [-0.2, 0) is 4.79 Å². The molecule has 0 aliphatic rings. The number of rotatable bonds is 10. The molecule has 0 radical (unpaired) electrons. The lowest BCUT2D eigenvalue weighted by molar-refractivity contribution is -0.116. The summed E-state index contributed by atoms with van der Waals surface area (Å²) in [6, 6.07) is 17.6. The Labute approximate surface area is 162 Å². The lowest BCUT2D eigenvalue weighted by atomic mass is 10.1. The van der Waals surface area contributed by atoms with Crippen molar-refractivity contribution in [2.24, 2.45) is 5.73 Å². The van der Waals surface area contributed by atoms with E-state index in [0.29, 0.717) is 12.2 Å². The Hall–Kier alpha value is -2.04. The van der Waals surface area contributed by atoms with E-state index in [4.69, 9.17) is 10.5 Å². The maximum absolute atomic E-state index is 12.2. The number of nitrogens with two attached hydrogens (primary N) is 1. The van der Waals surface area contributed by atoms with Crippen LogP contribution in [0.4, 0.5) is 5.69 Å². The molecule has 0 spiro atoms. The van der Waals surface area contributed by atoms with E-state index < -0.39 is 0 Å². The summed E-state index contributed by atoms with van der Waals surface area (Å²) in [7, 11) is 0. The number of carbonyl (C=O) groups is 1. The van der Waals surface area contributed by atoms with Crippen LogP contribution in [-0.4, -0.2) is 12.5 Å².